The third kappa shape index (κ3) is 3.31. The second kappa shape index (κ2) is 5.66. The second-order valence-corrected chi connectivity index (χ2v) is 3.41. The molecule has 5 heteroatoms. The summed E-state index contributed by atoms with van der Waals surface area (Å²) in [4.78, 5) is 22.8. The molecule has 0 aliphatic carbocycles. The molecule has 1 aromatic rings. The SMILES string of the molecule is COC(=O)[C@H](C)NC(=O)c1ccc(C#N)cc1. The van der Waals surface area contributed by atoms with Gasteiger partial charge in [0.05, 0.1) is 18.7 Å². The van der Waals surface area contributed by atoms with Crippen molar-refractivity contribution in [3.63, 3.8) is 0 Å². The van der Waals surface area contributed by atoms with Gasteiger partial charge in [-0.05, 0) is 31.2 Å². The highest BCUT2D eigenvalue weighted by Gasteiger charge is 2.16. The van der Waals surface area contributed by atoms with Crippen LogP contribution in [0.25, 0.3) is 0 Å². The molecule has 88 valence electrons. The molecule has 17 heavy (non-hydrogen) atoms. The number of carbonyl (C=O) groups excluding carboxylic acids is 2. The Hall–Kier alpha value is -2.35. The fraction of sp³-hybridized carbons (Fsp3) is 0.250. The van der Waals surface area contributed by atoms with Gasteiger partial charge in [0, 0.05) is 5.56 Å². The summed E-state index contributed by atoms with van der Waals surface area (Å²) >= 11 is 0. The number of benzene rings is 1. The van der Waals surface area contributed by atoms with E-state index in [-0.39, 0.29) is 5.91 Å². The summed E-state index contributed by atoms with van der Waals surface area (Å²) in [6, 6.07) is 7.38. The quantitative estimate of drug-likeness (QED) is 0.783. The molecule has 1 N–H and O–H groups in total. The van der Waals surface area contributed by atoms with Gasteiger partial charge in [-0.1, -0.05) is 0 Å². The van der Waals surface area contributed by atoms with Crippen molar-refractivity contribution in [1.82, 2.24) is 5.32 Å². The van der Waals surface area contributed by atoms with Crippen LogP contribution in [0.15, 0.2) is 24.3 Å². The predicted molar refractivity (Wildman–Crippen MR) is 60.1 cm³/mol. The smallest absolute Gasteiger partial charge is 0.328 e. The molecule has 0 aromatic heterocycles. The number of hydrogen-bond donors (Lipinski definition) is 1. The number of hydrogen-bond acceptors (Lipinski definition) is 4. The average Bonchev–Trinajstić information content (AvgIpc) is 2.37. The van der Waals surface area contributed by atoms with E-state index in [9.17, 15) is 9.59 Å². The van der Waals surface area contributed by atoms with Crippen LogP contribution in [-0.4, -0.2) is 25.0 Å². The van der Waals surface area contributed by atoms with E-state index in [4.69, 9.17) is 5.26 Å². The van der Waals surface area contributed by atoms with Crippen LogP contribution in [-0.2, 0) is 9.53 Å². The lowest BCUT2D eigenvalue weighted by Gasteiger charge is -2.11. The maximum atomic E-state index is 11.7. The van der Waals surface area contributed by atoms with Gasteiger partial charge >= 0.3 is 5.97 Å². The summed E-state index contributed by atoms with van der Waals surface area (Å²) in [5, 5.41) is 11.1. The normalized spacial score (nSPS) is 11.1. The Morgan fingerprint density at radius 2 is 1.94 bits per heavy atom. The Morgan fingerprint density at radius 1 is 1.35 bits per heavy atom. The Balaban J connectivity index is 2.70. The number of rotatable bonds is 3. The monoisotopic (exact) mass is 232 g/mol. The molecule has 0 unspecified atom stereocenters. The fourth-order valence-corrected chi connectivity index (χ4v) is 1.21. The first-order valence-electron chi connectivity index (χ1n) is 4.97. The van der Waals surface area contributed by atoms with Gasteiger partial charge in [0.1, 0.15) is 6.04 Å². The number of nitrogens with one attached hydrogen (secondary N) is 1. The molecule has 1 rings (SSSR count). The summed E-state index contributed by atoms with van der Waals surface area (Å²) in [5.41, 5.74) is 0.863. The minimum Gasteiger partial charge on any atom is -0.467 e. The first-order chi connectivity index (χ1) is 8.08. The van der Waals surface area contributed by atoms with Gasteiger partial charge in [-0.25, -0.2) is 4.79 Å². The van der Waals surface area contributed by atoms with Crippen molar-refractivity contribution in [3.8, 4) is 6.07 Å². The van der Waals surface area contributed by atoms with Crippen LogP contribution in [0.4, 0.5) is 0 Å². The molecular weight excluding hydrogens is 220 g/mol. The van der Waals surface area contributed by atoms with Crippen LogP contribution in [0.5, 0.6) is 0 Å². The third-order valence-electron chi connectivity index (χ3n) is 2.18. The van der Waals surface area contributed by atoms with Crippen LogP contribution < -0.4 is 5.32 Å². The molecule has 0 radical (unpaired) electrons. The Morgan fingerprint density at radius 3 is 2.41 bits per heavy atom. The van der Waals surface area contributed by atoms with E-state index < -0.39 is 12.0 Å². The molecule has 0 saturated heterocycles. The number of ether oxygens (including phenoxy) is 1. The standard InChI is InChI=1S/C12H12N2O3/c1-8(12(16)17-2)14-11(15)10-5-3-9(7-13)4-6-10/h3-6,8H,1-2H3,(H,14,15)/t8-/m0/s1. The molecule has 0 heterocycles. The highest BCUT2D eigenvalue weighted by Crippen LogP contribution is 2.03. The zero-order valence-electron chi connectivity index (χ0n) is 9.56. The van der Waals surface area contributed by atoms with Gasteiger partial charge < -0.3 is 10.1 Å². The lowest BCUT2D eigenvalue weighted by atomic mass is 10.1. The van der Waals surface area contributed by atoms with E-state index >= 15 is 0 Å². The van der Waals surface area contributed by atoms with Crippen molar-refractivity contribution < 1.29 is 14.3 Å². The van der Waals surface area contributed by atoms with E-state index in [1.54, 1.807) is 0 Å². The second-order valence-electron chi connectivity index (χ2n) is 3.41. The molecular formula is C12H12N2O3. The molecule has 1 atom stereocenters. The molecule has 1 aromatic carbocycles. The maximum Gasteiger partial charge on any atom is 0.328 e. The van der Waals surface area contributed by atoms with Crippen molar-refractivity contribution in [2.45, 2.75) is 13.0 Å². The summed E-state index contributed by atoms with van der Waals surface area (Å²) in [7, 11) is 1.26. The predicted octanol–water partition coefficient (Wildman–Crippen LogP) is 0.850. The number of nitrogens with zero attached hydrogens (tertiary/aromatic N) is 1. The Bertz CT molecular complexity index is 460. The van der Waals surface area contributed by atoms with Crippen LogP contribution in [0.3, 0.4) is 0 Å². The first-order valence-corrected chi connectivity index (χ1v) is 4.97. The van der Waals surface area contributed by atoms with Gasteiger partial charge in [-0.3, -0.25) is 4.79 Å². The van der Waals surface area contributed by atoms with Crippen molar-refractivity contribution in [2.24, 2.45) is 0 Å². The molecule has 0 bridgehead atoms. The van der Waals surface area contributed by atoms with Crippen molar-refractivity contribution in [2.75, 3.05) is 7.11 Å². The van der Waals surface area contributed by atoms with E-state index in [1.165, 1.54) is 38.3 Å². The summed E-state index contributed by atoms with van der Waals surface area (Å²) < 4.78 is 4.49. The van der Waals surface area contributed by atoms with E-state index in [0.29, 0.717) is 11.1 Å². The number of amides is 1. The lowest BCUT2D eigenvalue weighted by Crippen LogP contribution is -2.39. The van der Waals surface area contributed by atoms with Crippen LogP contribution in [0, 0.1) is 11.3 Å². The summed E-state index contributed by atoms with van der Waals surface area (Å²) in [6.07, 6.45) is 0. The molecule has 0 fully saturated rings. The number of carbonyl (C=O) groups is 2. The molecule has 5 nitrogen and oxygen atoms in total. The molecule has 0 aliphatic heterocycles. The maximum absolute atomic E-state index is 11.7. The zero-order valence-corrected chi connectivity index (χ0v) is 9.56. The summed E-state index contributed by atoms with van der Waals surface area (Å²) in [5.74, 6) is -0.889. The van der Waals surface area contributed by atoms with Crippen LogP contribution >= 0.6 is 0 Å². The van der Waals surface area contributed by atoms with E-state index in [0.717, 1.165) is 0 Å². The topological polar surface area (TPSA) is 79.2 Å². The minimum atomic E-state index is -0.705. The van der Waals surface area contributed by atoms with Gasteiger partial charge in [0.15, 0.2) is 0 Å². The lowest BCUT2D eigenvalue weighted by molar-refractivity contribution is -0.142. The van der Waals surface area contributed by atoms with Crippen LogP contribution in [0.1, 0.15) is 22.8 Å². The Kier molecular flexibility index (Phi) is 4.23. The molecule has 0 aliphatic rings. The molecule has 0 spiro atoms. The first kappa shape index (κ1) is 12.7. The number of esters is 1. The van der Waals surface area contributed by atoms with E-state index in [2.05, 4.69) is 10.1 Å². The van der Waals surface area contributed by atoms with Crippen molar-refractivity contribution in [1.29, 1.82) is 5.26 Å². The van der Waals surface area contributed by atoms with Gasteiger partial charge in [0.2, 0.25) is 0 Å². The largest absolute Gasteiger partial charge is 0.467 e. The third-order valence-corrected chi connectivity index (χ3v) is 2.18. The number of methoxy groups -OCH3 is 1. The highest BCUT2D eigenvalue weighted by atomic mass is 16.5. The van der Waals surface area contributed by atoms with Crippen molar-refractivity contribution in [3.05, 3.63) is 35.4 Å². The fourth-order valence-electron chi connectivity index (χ4n) is 1.21. The highest BCUT2D eigenvalue weighted by molar-refractivity contribution is 5.96. The van der Waals surface area contributed by atoms with Gasteiger partial charge in [-0.15, -0.1) is 0 Å². The zero-order chi connectivity index (χ0) is 12.8. The van der Waals surface area contributed by atoms with Crippen LogP contribution in [0.2, 0.25) is 0 Å². The number of nitriles is 1. The Labute approximate surface area is 99.0 Å². The van der Waals surface area contributed by atoms with Gasteiger partial charge in [0.25, 0.3) is 5.91 Å². The molecule has 0 saturated carbocycles. The molecule has 1 amide bonds. The van der Waals surface area contributed by atoms with Gasteiger partial charge in [-0.2, -0.15) is 5.26 Å². The van der Waals surface area contributed by atoms with E-state index in [1.807, 2.05) is 6.07 Å². The average molecular weight is 232 g/mol. The summed E-state index contributed by atoms with van der Waals surface area (Å²) in [6.45, 7) is 1.54. The minimum absolute atomic E-state index is 0.382. The van der Waals surface area contributed by atoms with Crippen molar-refractivity contribution >= 4 is 11.9 Å².